The van der Waals surface area contributed by atoms with Crippen LogP contribution in [-0.2, 0) is 4.74 Å². The van der Waals surface area contributed by atoms with Gasteiger partial charge >= 0.3 is 0 Å². The summed E-state index contributed by atoms with van der Waals surface area (Å²) in [5.41, 5.74) is 0.784. The minimum Gasteiger partial charge on any atom is -0.493 e. The number of carbonyl (C=O) groups excluding carboxylic acids is 1. The molecular formula is C20H22N4O5. The molecule has 0 aliphatic rings. The summed E-state index contributed by atoms with van der Waals surface area (Å²) in [7, 11) is 1.54. The summed E-state index contributed by atoms with van der Waals surface area (Å²) < 4.78 is 10.5. The van der Waals surface area contributed by atoms with Gasteiger partial charge in [-0.2, -0.15) is 5.26 Å². The molecule has 9 heteroatoms. The van der Waals surface area contributed by atoms with Crippen molar-refractivity contribution >= 4 is 23.0 Å². The van der Waals surface area contributed by atoms with Crippen molar-refractivity contribution < 1.29 is 19.2 Å². The standard InChI is InChI=1S/C20H22N4O5/c1-28-12-10-22-18-8-7-15(13-19(18)24(26)27)20(25)23-16-5-4-6-17(14-16)29-11-3-2-9-21/h4-8,13-14,22H,2-3,10-12H2,1H3,(H,23,25). The first-order valence-electron chi connectivity index (χ1n) is 8.97. The smallest absolute Gasteiger partial charge is 0.293 e. The fraction of sp³-hybridized carbons (Fsp3) is 0.300. The quantitative estimate of drug-likeness (QED) is 0.336. The molecule has 0 unspecified atom stereocenters. The normalized spacial score (nSPS) is 10.1. The van der Waals surface area contributed by atoms with E-state index in [1.54, 1.807) is 24.3 Å². The lowest BCUT2D eigenvalue weighted by Crippen LogP contribution is -2.14. The number of nitrogens with zero attached hydrogens (tertiary/aromatic N) is 2. The number of hydrogen-bond acceptors (Lipinski definition) is 7. The van der Waals surface area contributed by atoms with E-state index in [0.717, 1.165) is 0 Å². The zero-order valence-electron chi connectivity index (χ0n) is 16.0. The number of nitro groups is 1. The van der Waals surface area contributed by atoms with Crippen molar-refractivity contribution in [2.45, 2.75) is 12.8 Å². The first-order valence-corrected chi connectivity index (χ1v) is 8.97. The minimum absolute atomic E-state index is 0.161. The predicted molar refractivity (Wildman–Crippen MR) is 108 cm³/mol. The molecule has 0 saturated heterocycles. The molecule has 0 radical (unpaired) electrons. The van der Waals surface area contributed by atoms with Crippen molar-refractivity contribution in [1.82, 2.24) is 0 Å². The molecule has 0 spiro atoms. The average Bonchev–Trinajstić information content (AvgIpc) is 2.71. The van der Waals surface area contributed by atoms with E-state index in [2.05, 4.69) is 10.6 Å². The third kappa shape index (κ3) is 6.79. The third-order valence-electron chi connectivity index (χ3n) is 3.87. The summed E-state index contributed by atoms with van der Waals surface area (Å²) >= 11 is 0. The van der Waals surface area contributed by atoms with Gasteiger partial charge in [0.05, 0.1) is 24.2 Å². The maximum atomic E-state index is 12.5. The molecule has 2 rings (SSSR count). The van der Waals surface area contributed by atoms with Crippen molar-refractivity contribution in [2.24, 2.45) is 0 Å². The van der Waals surface area contributed by atoms with Crippen LogP contribution in [0.15, 0.2) is 42.5 Å². The lowest BCUT2D eigenvalue weighted by Gasteiger charge is -2.10. The SMILES string of the molecule is COCCNc1ccc(C(=O)Nc2cccc(OCCCC#N)c2)cc1[N+](=O)[O-]. The van der Waals surface area contributed by atoms with Gasteiger partial charge in [-0.25, -0.2) is 0 Å². The summed E-state index contributed by atoms with van der Waals surface area (Å²) in [5.74, 6) is 0.0857. The Balaban J connectivity index is 2.07. The van der Waals surface area contributed by atoms with E-state index in [9.17, 15) is 14.9 Å². The van der Waals surface area contributed by atoms with E-state index < -0.39 is 10.8 Å². The molecule has 0 aromatic heterocycles. The molecule has 152 valence electrons. The Morgan fingerprint density at radius 2 is 2.07 bits per heavy atom. The first-order chi connectivity index (χ1) is 14.0. The van der Waals surface area contributed by atoms with Gasteiger partial charge in [0, 0.05) is 43.5 Å². The fourth-order valence-corrected chi connectivity index (χ4v) is 2.47. The average molecular weight is 398 g/mol. The molecule has 9 nitrogen and oxygen atoms in total. The summed E-state index contributed by atoms with van der Waals surface area (Å²) in [5, 5.41) is 25.5. The molecule has 2 aromatic rings. The summed E-state index contributed by atoms with van der Waals surface area (Å²) in [6, 6.07) is 13.1. The van der Waals surface area contributed by atoms with Crippen LogP contribution in [0.2, 0.25) is 0 Å². The van der Waals surface area contributed by atoms with Crippen LogP contribution in [0, 0.1) is 21.4 Å². The van der Waals surface area contributed by atoms with Gasteiger partial charge in [0.1, 0.15) is 11.4 Å². The molecule has 0 fully saturated rings. The number of nitro benzene ring substituents is 1. The number of amides is 1. The maximum Gasteiger partial charge on any atom is 0.293 e. The summed E-state index contributed by atoms with van der Waals surface area (Å²) in [6.45, 7) is 1.20. The maximum absolute atomic E-state index is 12.5. The molecule has 0 atom stereocenters. The van der Waals surface area contributed by atoms with Gasteiger partial charge in [0.15, 0.2) is 0 Å². The molecule has 0 bridgehead atoms. The molecule has 29 heavy (non-hydrogen) atoms. The van der Waals surface area contributed by atoms with Gasteiger partial charge < -0.3 is 20.1 Å². The molecule has 2 N–H and O–H groups in total. The van der Waals surface area contributed by atoms with Crippen LogP contribution in [0.25, 0.3) is 0 Å². The molecular weight excluding hydrogens is 376 g/mol. The number of methoxy groups -OCH3 is 1. The highest BCUT2D eigenvalue weighted by Gasteiger charge is 2.17. The van der Waals surface area contributed by atoms with Crippen molar-refractivity contribution in [2.75, 3.05) is 37.5 Å². The van der Waals surface area contributed by atoms with E-state index in [0.29, 0.717) is 49.7 Å². The molecule has 1 amide bonds. The highest BCUT2D eigenvalue weighted by Crippen LogP contribution is 2.26. The second kappa shape index (κ2) is 11.3. The topological polar surface area (TPSA) is 127 Å². The van der Waals surface area contributed by atoms with Gasteiger partial charge in [0.25, 0.3) is 11.6 Å². The van der Waals surface area contributed by atoms with Gasteiger partial charge in [0.2, 0.25) is 0 Å². The molecule has 0 heterocycles. The van der Waals surface area contributed by atoms with E-state index in [4.69, 9.17) is 14.7 Å². The number of rotatable bonds is 11. The molecule has 0 saturated carbocycles. The lowest BCUT2D eigenvalue weighted by molar-refractivity contribution is -0.384. The largest absolute Gasteiger partial charge is 0.493 e. The monoisotopic (exact) mass is 398 g/mol. The first kappa shape index (κ1) is 21.7. The number of ether oxygens (including phenoxy) is 2. The molecule has 0 aliphatic carbocycles. The third-order valence-corrected chi connectivity index (χ3v) is 3.87. The van der Waals surface area contributed by atoms with E-state index >= 15 is 0 Å². The van der Waals surface area contributed by atoms with Crippen LogP contribution in [0.4, 0.5) is 17.1 Å². The van der Waals surface area contributed by atoms with Crippen LogP contribution in [-0.4, -0.2) is 37.7 Å². The van der Waals surface area contributed by atoms with E-state index in [1.165, 1.54) is 25.3 Å². The lowest BCUT2D eigenvalue weighted by atomic mass is 10.1. The number of carbonyl (C=O) groups is 1. The number of nitriles is 1. The van der Waals surface area contributed by atoms with Gasteiger partial charge in [-0.1, -0.05) is 6.07 Å². The van der Waals surface area contributed by atoms with Crippen LogP contribution >= 0.6 is 0 Å². The minimum atomic E-state index is -0.540. The van der Waals surface area contributed by atoms with Crippen LogP contribution < -0.4 is 15.4 Å². The Labute approximate surface area is 168 Å². The highest BCUT2D eigenvalue weighted by atomic mass is 16.6. The van der Waals surface area contributed by atoms with E-state index in [-0.39, 0.29) is 11.3 Å². The number of hydrogen-bond donors (Lipinski definition) is 2. The van der Waals surface area contributed by atoms with Crippen molar-refractivity contribution in [3.63, 3.8) is 0 Å². The van der Waals surface area contributed by atoms with Crippen molar-refractivity contribution in [3.8, 4) is 11.8 Å². The Hall–Kier alpha value is -3.64. The Kier molecular flexibility index (Phi) is 8.41. The van der Waals surface area contributed by atoms with E-state index in [1.807, 2.05) is 6.07 Å². The van der Waals surface area contributed by atoms with Crippen molar-refractivity contribution in [3.05, 3.63) is 58.1 Å². The second-order valence-corrected chi connectivity index (χ2v) is 6.00. The second-order valence-electron chi connectivity index (χ2n) is 6.00. The van der Waals surface area contributed by atoms with Crippen molar-refractivity contribution in [1.29, 1.82) is 5.26 Å². The summed E-state index contributed by atoms with van der Waals surface area (Å²) in [6.07, 6.45) is 1.02. The predicted octanol–water partition coefficient (Wildman–Crippen LogP) is 3.59. The zero-order valence-corrected chi connectivity index (χ0v) is 16.0. The van der Waals surface area contributed by atoms with Gasteiger partial charge in [-0.3, -0.25) is 14.9 Å². The number of anilines is 2. The fourth-order valence-electron chi connectivity index (χ4n) is 2.47. The Morgan fingerprint density at radius 1 is 1.24 bits per heavy atom. The van der Waals surface area contributed by atoms with Gasteiger partial charge in [-0.15, -0.1) is 0 Å². The zero-order chi connectivity index (χ0) is 21.1. The number of unbranched alkanes of at least 4 members (excludes halogenated alkanes) is 1. The van der Waals surface area contributed by atoms with Crippen LogP contribution in [0.3, 0.4) is 0 Å². The number of benzene rings is 2. The number of nitrogens with one attached hydrogen (secondary N) is 2. The molecule has 2 aromatic carbocycles. The van der Waals surface area contributed by atoms with Gasteiger partial charge in [-0.05, 0) is 30.7 Å². The molecule has 0 aliphatic heterocycles. The van der Waals surface area contributed by atoms with Crippen LogP contribution in [0.1, 0.15) is 23.2 Å². The highest BCUT2D eigenvalue weighted by molar-refractivity contribution is 6.05. The Bertz CT molecular complexity index is 895. The summed E-state index contributed by atoms with van der Waals surface area (Å²) in [4.78, 5) is 23.3. The van der Waals surface area contributed by atoms with Crippen LogP contribution in [0.5, 0.6) is 5.75 Å². The Morgan fingerprint density at radius 3 is 2.79 bits per heavy atom.